The summed E-state index contributed by atoms with van der Waals surface area (Å²) >= 11 is 0. The minimum atomic E-state index is -0.566. The zero-order valence-corrected chi connectivity index (χ0v) is 15.8. The second-order valence-electron chi connectivity index (χ2n) is 5.81. The van der Waals surface area contributed by atoms with Crippen molar-refractivity contribution in [3.63, 3.8) is 0 Å². The zero-order chi connectivity index (χ0) is 20.4. The van der Waals surface area contributed by atoms with Gasteiger partial charge in [0.05, 0.1) is 13.7 Å². The number of rotatable bonds is 9. The van der Waals surface area contributed by atoms with E-state index in [1.165, 1.54) is 37.4 Å². The Morgan fingerprint density at radius 3 is 2.43 bits per heavy atom. The molecule has 0 aliphatic rings. The summed E-state index contributed by atoms with van der Waals surface area (Å²) in [7, 11) is 1.48. The Kier molecular flexibility index (Phi) is 8.08. The molecule has 0 aromatic heterocycles. The molecule has 0 fully saturated rings. The maximum atomic E-state index is 12.8. The van der Waals surface area contributed by atoms with Crippen molar-refractivity contribution < 1.29 is 28.2 Å². The molecule has 0 saturated carbocycles. The number of halogens is 1. The van der Waals surface area contributed by atoms with E-state index in [4.69, 9.17) is 14.2 Å². The van der Waals surface area contributed by atoms with Crippen LogP contribution in [0.1, 0.15) is 30.1 Å². The number of hydrogen-bond donors (Lipinski definition) is 2. The van der Waals surface area contributed by atoms with E-state index in [1.807, 2.05) is 0 Å². The minimum absolute atomic E-state index is 0.291. The highest BCUT2D eigenvalue weighted by Gasteiger charge is 2.12. The molecule has 2 rings (SSSR count). The van der Waals surface area contributed by atoms with Gasteiger partial charge >= 0.3 is 0 Å². The molecule has 0 bridgehead atoms. The standard InChI is InChI=1S/C20H23FN2O5/c1-3-4-11-27-17-10-5-14(12-18(17)26-2)20(25)23-22-19(24)13-28-16-8-6-15(21)7-9-16/h5-10,12H,3-4,11,13H2,1-2H3,(H,22,24)(H,23,25). The number of unbranched alkanes of at least 4 members (excludes halogenated alkanes) is 1. The number of carbonyl (C=O) groups is 2. The van der Waals surface area contributed by atoms with Gasteiger partial charge in [-0.15, -0.1) is 0 Å². The third-order valence-electron chi connectivity index (χ3n) is 3.68. The number of ether oxygens (including phenoxy) is 3. The lowest BCUT2D eigenvalue weighted by molar-refractivity contribution is -0.123. The number of carbonyl (C=O) groups excluding carboxylic acids is 2. The van der Waals surface area contributed by atoms with Crippen molar-refractivity contribution in [3.8, 4) is 17.2 Å². The number of nitrogens with one attached hydrogen (secondary N) is 2. The fraction of sp³-hybridized carbons (Fsp3) is 0.300. The van der Waals surface area contributed by atoms with Crippen molar-refractivity contribution in [2.24, 2.45) is 0 Å². The van der Waals surface area contributed by atoms with E-state index < -0.39 is 17.6 Å². The number of hydrogen-bond acceptors (Lipinski definition) is 5. The molecule has 150 valence electrons. The van der Waals surface area contributed by atoms with Crippen LogP contribution >= 0.6 is 0 Å². The molecule has 0 atom stereocenters. The lowest BCUT2D eigenvalue weighted by atomic mass is 10.2. The third kappa shape index (κ3) is 6.46. The van der Waals surface area contributed by atoms with Crippen LogP contribution in [0.5, 0.6) is 17.2 Å². The maximum absolute atomic E-state index is 12.8. The predicted octanol–water partition coefficient (Wildman–Crippen LogP) is 2.85. The van der Waals surface area contributed by atoms with Crippen molar-refractivity contribution in [1.29, 1.82) is 0 Å². The van der Waals surface area contributed by atoms with Gasteiger partial charge in [-0.3, -0.25) is 20.4 Å². The van der Waals surface area contributed by atoms with Crippen LogP contribution < -0.4 is 25.1 Å². The first-order chi connectivity index (χ1) is 13.5. The lowest BCUT2D eigenvalue weighted by Gasteiger charge is -2.12. The summed E-state index contributed by atoms with van der Waals surface area (Å²) in [6, 6.07) is 9.98. The fourth-order valence-corrected chi connectivity index (χ4v) is 2.17. The lowest BCUT2D eigenvalue weighted by Crippen LogP contribution is -2.43. The molecule has 2 N–H and O–H groups in total. The topological polar surface area (TPSA) is 85.9 Å². The summed E-state index contributed by atoms with van der Waals surface area (Å²) in [4.78, 5) is 24.0. The van der Waals surface area contributed by atoms with Gasteiger partial charge in [-0.1, -0.05) is 13.3 Å². The quantitative estimate of drug-likeness (QED) is 0.508. The van der Waals surface area contributed by atoms with E-state index in [-0.39, 0.29) is 6.61 Å². The van der Waals surface area contributed by atoms with Crippen LogP contribution in [-0.2, 0) is 4.79 Å². The van der Waals surface area contributed by atoms with E-state index in [0.717, 1.165) is 12.8 Å². The maximum Gasteiger partial charge on any atom is 0.276 e. The Morgan fingerprint density at radius 2 is 1.75 bits per heavy atom. The first kappa shape index (κ1) is 21.0. The van der Waals surface area contributed by atoms with Crippen LogP contribution in [0.25, 0.3) is 0 Å². The van der Waals surface area contributed by atoms with Crippen LogP contribution in [0.4, 0.5) is 4.39 Å². The first-order valence-electron chi connectivity index (χ1n) is 8.82. The summed E-state index contributed by atoms with van der Waals surface area (Å²) in [5.41, 5.74) is 4.83. The highest BCUT2D eigenvalue weighted by atomic mass is 19.1. The van der Waals surface area contributed by atoms with Gasteiger partial charge in [-0.2, -0.15) is 0 Å². The Labute approximate surface area is 162 Å². The molecular formula is C20H23FN2O5. The van der Waals surface area contributed by atoms with E-state index in [9.17, 15) is 14.0 Å². The molecule has 2 aromatic carbocycles. The average molecular weight is 390 g/mol. The molecule has 2 aromatic rings. The number of amides is 2. The van der Waals surface area contributed by atoms with Crippen LogP contribution in [-0.4, -0.2) is 32.1 Å². The van der Waals surface area contributed by atoms with Gasteiger partial charge < -0.3 is 14.2 Å². The Bertz CT molecular complexity index is 796. The minimum Gasteiger partial charge on any atom is -0.493 e. The van der Waals surface area contributed by atoms with E-state index in [2.05, 4.69) is 17.8 Å². The van der Waals surface area contributed by atoms with E-state index in [0.29, 0.717) is 29.4 Å². The molecule has 0 aliphatic heterocycles. The molecule has 8 heteroatoms. The predicted molar refractivity (Wildman–Crippen MR) is 101 cm³/mol. The van der Waals surface area contributed by atoms with Crippen molar-refractivity contribution in [3.05, 3.63) is 53.8 Å². The molecule has 7 nitrogen and oxygen atoms in total. The van der Waals surface area contributed by atoms with Crippen molar-refractivity contribution in [1.82, 2.24) is 10.9 Å². The second kappa shape index (κ2) is 10.8. The third-order valence-corrected chi connectivity index (χ3v) is 3.68. The Balaban J connectivity index is 1.84. The number of benzene rings is 2. The number of methoxy groups -OCH3 is 1. The molecule has 0 saturated heterocycles. The SMILES string of the molecule is CCCCOc1ccc(C(=O)NNC(=O)COc2ccc(F)cc2)cc1OC. The molecule has 2 amide bonds. The fourth-order valence-electron chi connectivity index (χ4n) is 2.17. The zero-order valence-electron chi connectivity index (χ0n) is 15.8. The Hall–Kier alpha value is -3.29. The summed E-state index contributed by atoms with van der Waals surface area (Å²) in [6.45, 7) is 2.29. The molecule has 0 unspecified atom stereocenters. The highest BCUT2D eigenvalue weighted by molar-refractivity contribution is 5.96. The van der Waals surface area contributed by atoms with Gasteiger partial charge in [-0.25, -0.2) is 4.39 Å². The normalized spacial score (nSPS) is 10.1. The summed E-state index contributed by atoms with van der Waals surface area (Å²) in [5.74, 6) is -0.177. The van der Waals surface area contributed by atoms with Crippen molar-refractivity contribution in [2.75, 3.05) is 20.3 Å². The van der Waals surface area contributed by atoms with Gasteiger partial charge in [-0.05, 0) is 48.9 Å². The summed E-state index contributed by atoms with van der Waals surface area (Å²) in [5, 5.41) is 0. The van der Waals surface area contributed by atoms with Gasteiger partial charge in [0.2, 0.25) is 0 Å². The van der Waals surface area contributed by atoms with Gasteiger partial charge in [0.25, 0.3) is 11.8 Å². The van der Waals surface area contributed by atoms with Crippen LogP contribution in [0, 0.1) is 5.82 Å². The van der Waals surface area contributed by atoms with Crippen molar-refractivity contribution in [2.45, 2.75) is 19.8 Å². The van der Waals surface area contributed by atoms with Crippen molar-refractivity contribution >= 4 is 11.8 Å². The molecular weight excluding hydrogens is 367 g/mol. The van der Waals surface area contributed by atoms with Gasteiger partial charge in [0.1, 0.15) is 11.6 Å². The molecule has 0 spiro atoms. The molecule has 0 heterocycles. The van der Waals surface area contributed by atoms with Gasteiger partial charge in [0, 0.05) is 5.56 Å². The highest BCUT2D eigenvalue weighted by Crippen LogP contribution is 2.28. The van der Waals surface area contributed by atoms with Crippen LogP contribution in [0.3, 0.4) is 0 Å². The summed E-state index contributed by atoms with van der Waals surface area (Å²) in [6.07, 6.45) is 1.92. The largest absolute Gasteiger partial charge is 0.493 e. The monoisotopic (exact) mass is 390 g/mol. The average Bonchev–Trinajstić information content (AvgIpc) is 2.71. The number of hydrazine groups is 1. The smallest absolute Gasteiger partial charge is 0.276 e. The molecule has 0 aliphatic carbocycles. The second-order valence-corrected chi connectivity index (χ2v) is 5.81. The van der Waals surface area contributed by atoms with Gasteiger partial charge in [0.15, 0.2) is 18.1 Å². The molecule has 0 radical (unpaired) electrons. The van der Waals surface area contributed by atoms with Crippen LogP contribution in [0.2, 0.25) is 0 Å². The van der Waals surface area contributed by atoms with E-state index >= 15 is 0 Å². The summed E-state index contributed by atoms with van der Waals surface area (Å²) < 4.78 is 28.9. The Morgan fingerprint density at radius 1 is 1.00 bits per heavy atom. The van der Waals surface area contributed by atoms with E-state index in [1.54, 1.807) is 12.1 Å². The van der Waals surface area contributed by atoms with Crippen LogP contribution in [0.15, 0.2) is 42.5 Å². The molecule has 28 heavy (non-hydrogen) atoms. The first-order valence-corrected chi connectivity index (χ1v) is 8.82.